The Bertz CT molecular complexity index is 835. The van der Waals surface area contributed by atoms with Crippen LogP contribution >= 0.6 is 35.6 Å². The van der Waals surface area contributed by atoms with Crippen LogP contribution in [-0.2, 0) is 7.05 Å². The topological polar surface area (TPSA) is 45.5 Å². The lowest BCUT2D eigenvalue weighted by atomic mass is 10.0. The number of guanidine groups is 1. The molecule has 28 heavy (non-hydrogen) atoms. The number of nitrogens with zero attached hydrogens (tertiary/aromatic N) is 4. The molecule has 2 aromatic rings. The number of halogens is 3. The van der Waals surface area contributed by atoms with E-state index in [1.807, 2.05) is 24.9 Å². The van der Waals surface area contributed by atoms with Gasteiger partial charge in [0.25, 0.3) is 0 Å². The Hall–Kier alpha value is -1.35. The second kappa shape index (κ2) is 8.98. The largest absolute Gasteiger partial charge is 0.353 e. The van der Waals surface area contributed by atoms with Gasteiger partial charge in [0.15, 0.2) is 5.96 Å². The lowest BCUT2D eigenvalue weighted by molar-refractivity contribution is 0.483. The predicted octanol–water partition coefficient (Wildman–Crippen LogP) is 4.14. The maximum absolute atomic E-state index is 14.2. The zero-order valence-corrected chi connectivity index (χ0v) is 19.2. The molecule has 2 heterocycles. The summed E-state index contributed by atoms with van der Waals surface area (Å²) in [7, 11) is 1.95. The van der Waals surface area contributed by atoms with Gasteiger partial charge in [0, 0.05) is 61.3 Å². The van der Waals surface area contributed by atoms with E-state index < -0.39 is 0 Å². The van der Waals surface area contributed by atoms with Crippen LogP contribution in [0.5, 0.6) is 0 Å². The summed E-state index contributed by atoms with van der Waals surface area (Å²) in [6, 6.07) is 5.08. The average molecular weight is 518 g/mol. The number of benzene rings is 1. The molecule has 8 heteroatoms. The first kappa shape index (κ1) is 21.4. The summed E-state index contributed by atoms with van der Waals surface area (Å²) in [6.07, 6.45) is 6.01. The van der Waals surface area contributed by atoms with Crippen LogP contribution in [0.2, 0.25) is 5.02 Å². The van der Waals surface area contributed by atoms with E-state index in [1.165, 1.54) is 11.6 Å². The van der Waals surface area contributed by atoms with Crippen LogP contribution < -0.4 is 5.32 Å². The van der Waals surface area contributed by atoms with Crippen LogP contribution in [0, 0.1) is 5.82 Å². The number of aryl methyl sites for hydroxylation is 1. The van der Waals surface area contributed by atoms with Gasteiger partial charge in [-0.1, -0.05) is 17.7 Å². The molecule has 2 aliphatic rings. The fraction of sp³-hybridized carbons (Fsp3) is 0.500. The third kappa shape index (κ3) is 4.45. The minimum Gasteiger partial charge on any atom is -0.353 e. The SMILES string of the molecule is CCN=C(NC1CC1c1c(F)cccc1Cl)N1CCC(c2cnn(C)c2)C1.I. The maximum atomic E-state index is 14.2. The number of nitrogens with one attached hydrogen (secondary N) is 1. The van der Waals surface area contributed by atoms with E-state index in [0.717, 1.165) is 31.9 Å². The van der Waals surface area contributed by atoms with Gasteiger partial charge in [-0.25, -0.2) is 4.39 Å². The fourth-order valence-corrected chi connectivity index (χ4v) is 4.27. The van der Waals surface area contributed by atoms with Crippen molar-refractivity contribution in [2.75, 3.05) is 19.6 Å². The van der Waals surface area contributed by atoms with Crippen LogP contribution in [-0.4, -0.2) is 46.3 Å². The molecule has 0 radical (unpaired) electrons. The van der Waals surface area contributed by atoms with Crippen molar-refractivity contribution in [3.63, 3.8) is 0 Å². The molecule has 1 aliphatic carbocycles. The number of aromatic nitrogens is 2. The summed E-state index contributed by atoms with van der Waals surface area (Å²) in [5.41, 5.74) is 1.90. The van der Waals surface area contributed by atoms with Gasteiger partial charge in [-0.15, -0.1) is 24.0 Å². The third-order valence-corrected chi connectivity index (χ3v) is 5.80. The van der Waals surface area contributed by atoms with E-state index in [9.17, 15) is 4.39 Å². The summed E-state index contributed by atoms with van der Waals surface area (Å²) in [6.45, 7) is 4.64. The van der Waals surface area contributed by atoms with Crippen molar-refractivity contribution in [1.29, 1.82) is 0 Å². The number of hydrogen-bond donors (Lipinski definition) is 1. The first-order chi connectivity index (χ1) is 13.1. The van der Waals surface area contributed by atoms with E-state index in [1.54, 1.807) is 12.1 Å². The smallest absolute Gasteiger partial charge is 0.194 e. The molecule has 0 bridgehead atoms. The number of likely N-dealkylation sites (tertiary alicyclic amines) is 1. The molecule has 152 valence electrons. The van der Waals surface area contributed by atoms with Crippen molar-refractivity contribution in [1.82, 2.24) is 20.0 Å². The van der Waals surface area contributed by atoms with Gasteiger partial charge in [-0.05, 0) is 37.5 Å². The third-order valence-electron chi connectivity index (χ3n) is 5.47. The molecule has 1 aromatic carbocycles. The van der Waals surface area contributed by atoms with E-state index in [-0.39, 0.29) is 41.8 Å². The van der Waals surface area contributed by atoms with Crippen molar-refractivity contribution >= 4 is 41.5 Å². The van der Waals surface area contributed by atoms with Crippen molar-refractivity contribution in [3.05, 3.63) is 52.6 Å². The Kier molecular flexibility index (Phi) is 6.85. The number of hydrogen-bond acceptors (Lipinski definition) is 2. The quantitative estimate of drug-likeness (QED) is 0.377. The molecule has 3 unspecified atom stereocenters. The van der Waals surface area contributed by atoms with Crippen molar-refractivity contribution in [3.8, 4) is 0 Å². The summed E-state index contributed by atoms with van der Waals surface area (Å²) < 4.78 is 16.0. The first-order valence-corrected chi connectivity index (χ1v) is 9.93. The van der Waals surface area contributed by atoms with Crippen LogP contribution in [0.25, 0.3) is 0 Å². The molecular weight excluding hydrogens is 492 g/mol. The lowest BCUT2D eigenvalue weighted by Crippen LogP contribution is -2.41. The zero-order valence-electron chi connectivity index (χ0n) is 16.1. The van der Waals surface area contributed by atoms with Crippen LogP contribution in [0.4, 0.5) is 4.39 Å². The monoisotopic (exact) mass is 517 g/mol. The predicted molar refractivity (Wildman–Crippen MR) is 121 cm³/mol. The molecule has 3 atom stereocenters. The molecule has 0 spiro atoms. The van der Waals surface area contributed by atoms with E-state index in [0.29, 0.717) is 23.0 Å². The van der Waals surface area contributed by atoms with Gasteiger partial charge in [0.05, 0.1) is 6.20 Å². The lowest BCUT2D eigenvalue weighted by Gasteiger charge is -2.22. The molecular formula is C20H26ClFIN5. The molecule has 1 saturated carbocycles. The number of aliphatic imine (C=N–C) groups is 1. The molecule has 1 saturated heterocycles. The first-order valence-electron chi connectivity index (χ1n) is 9.55. The summed E-state index contributed by atoms with van der Waals surface area (Å²) in [4.78, 5) is 6.98. The van der Waals surface area contributed by atoms with Gasteiger partial charge < -0.3 is 10.2 Å². The maximum Gasteiger partial charge on any atom is 0.194 e. The van der Waals surface area contributed by atoms with Gasteiger partial charge in [0.2, 0.25) is 0 Å². The Morgan fingerprint density at radius 1 is 1.43 bits per heavy atom. The highest BCUT2D eigenvalue weighted by Crippen LogP contribution is 2.45. The minimum absolute atomic E-state index is 0. The van der Waals surface area contributed by atoms with Gasteiger partial charge in [0.1, 0.15) is 5.82 Å². The highest BCUT2D eigenvalue weighted by Gasteiger charge is 2.43. The van der Waals surface area contributed by atoms with E-state index in [2.05, 4.69) is 26.5 Å². The Balaban J connectivity index is 0.00000225. The van der Waals surface area contributed by atoms with Gasteiger partial charge in [-0.3, -0.25) is 9.67 Å². The zero-order chi connectivity index (χ0) is 19.0. The summed E-state index contributed by atoms with van der Waals surface area (Å²) >= 11 is 6.23. The minimum atomic E-state index is -0.219. The van der Waals surface area contributed by atoms with E-state index >= 15 is 0 Å². The van der Waals surface area contributed by atoms with Crippen molar-refractivity contribution < 1.29 is 4.39 Å². The standard InChI is InChI=1S/C20H25ClFN5.HI/c1-3-23-20(27-8-7-13(12-27)14-10-24-26(2)11-14)25-18-9-15(18)19-16(21)5-4-6-17(19)22;/h4-6,10-11,13,15,18H,3,7-9,12H2,1-2H3,(H,23,25);1H. The molecule has 1 N–H and O–H groups in total. The average Bonchev–Trinajstić information content (AvgIpc) is 3.03. The second-order valence-corrected chi connectivity index (χ2v) is 7.81. The van der Waals surface area contributed by atoms with Crippen molar-refractivity contribution in [2.24, 2.45) is 12.0 Å². The Morgan fingerprint density at radius 2 is 2.25 bits per heavy atom. The molecule has 1 aromatic heterocycles. The van der Waals surface area contributed by atoms with Crippen LogP contribution in [0.15, 0.2) is 35.6 Å². The molecule has 0 amide bonds. The second-order valence-electron chi connectivity index (χ2n) is 7.41. The summed E-state index contributed by atoms with van der Waals surface area (Å²) in [5, 5.41) is 8.34. The summed E-state index contributed by atoms with van der Waals surface area (Å²) in [5.74, 6) is 1.28. The van der Waals surface area contributed by atoms with Crippen molar-refractivity contribution in [2.45, 2.75) is 37.6 Å². The van der Waals surface area contributed by atoms with Crippen LogP contribution in [0.3, 0.4) is 0 Å². The van der Waals surface area contributed by atoms with Gasteiger partial charge >= 0.3 is 0 Å². The Labute approximate surface area is 187 Å². The fourth-order valence-electron chi connectivity index (χ4n) is 3.97. The normalized spacial score (nSPS) is 24.2. The van der Waals surface area contributed by atoms with Gasteiger partial charge in [-0.2, -0.15) is 5.10 Å². The highest BCUT2D eigenvalue weighted by atomic mass is 127. The molecule has 1 aliphatic heterocycles. The molecule has 4 rings (SSSR count). The van der Waals surface area contributed by atoms with Crippen LogP contribution in [0.1, 0.15) is 42.7 Å². The van der Waals surface area contributed by atoms with E-state index in [4.69, 9.17) is 11.6 Å². The highest BCUT2D eigenvalue weighted by molar-refractivity contribution is 14.0. The Morgan fingerprint density at radius 3 is 2.93 bits per heavy atom. The molecule has 2 fully saturated rings. The number of rotatable bonds is 4. The molecule has 5 nitrogen and oxygen atoms in total.